The second kappa shape index (κ2) is 9.68. The fourth-order valence-electron chi connectivity index (χ4n) is 5.98. The molecule has 1 unspecified atom stereocenters. The van der Waals surface area contributed by atoms with Gasteiger partial charge in [0.15, 0.2) is 0 Å². The zero-order valence-electron chi connectivity index (χ0n) is 23.8. The van der Waals surface area contributed by atoms with Crippen molar-refractivity contribution in [2.45, 2.75) is 104 Å². The molecule has 2 aliphatic rings. The Labute approximate surface area is 224 Å². The molecule has 9 heteroatoms. The van der Waals surface area contributed by atoms with Gasteiger partial charge in [0.1, 0.15) is 29.0 Å². The Bertz CT molecular complexity index is 1310. The molecule has 1 amide bonds. The molecule has 5 rings (SSSR count). The molecule has 0 bridgehead atoms. The quantitative estimate of drug-likeness (QED) is 0.385. The van der Waals surface area contributed by atoms with Crippen LogP contribution in [-0.4, -0.2) is 56.8 Å². The van der Waals surface area contributed by atoms with Crippen molar-refractivity contribution in [1.29, 1.82) is 0 Å². The molecule has 0 radical (unpaired) electrons. The molecule has 0 spiro atoms. The van der Waals surface area contributed by atoms with Crippen molar-refractivity contribution in [3.05, 3.63) is 35.5 Å². The number of rotatable bonds is 4. The zero-order chi connectivity index (χ0) is 27.4. The van der Waals surface area contributed by atoms with Crippen LogP contribution in [0.4, 0.5) is 4.79 Å². The molecule has 38 heavy (non-hydrogen) atoms. The molecular formula is C29H40N4O5. The molecular weight excluding hydrogens is 484 g/mol. The van der Waals surface area contributed by atoms with Crippen LogP contribution in [0.5, 0.6) is 0 Å². The van der Waals surface area contributed by atoms with Crippen LogP contribution in [0, 0.1) is 13.8 Å². The number of carbonyl (C=O) groups excluding carboxylic acids is 1. The fraction of sp³-hybridized carbons (Fsp3) is 0.621. The van der Waals surface area contributed by atoms with E-state index in [2.05, 4.69) is 27.9 Å². The average Bonchev–Trinajstić information content (AvgIpc) is 3.49. The number of aromatic nitrogens is 3. The van der Waals surface area contributed by atoms with Crippen LogP contribution < -0.4 is 0 Å². The summed E-state index contributed by atoms with van der Waals surface area (Å²) >= 11 is 0. The molecule has 1 aromatic carbocycles. The standard InChI is InChI=1S/C29H40N4O5/c1-17-25(18(2)38-31-17)19-9-14-23-22(15-19)30-26(32(23)20-10-12-21(35-8)13-11-20)24-16-36-29(6,7)33(24)27(34)37-28(3,4)5/h9,14-15,20-21,24H,10-13,16H2,1-8H3. The van der Waals surface area contributed by atoms with Crippen molar-refractivity contribution in [2.24, 2.45) is 0 Å². The van der Waals surface area contributed by atoms with E-state index in [0.717, 1.165) is 65.1 Å². The molecule has 1 atom stereocenters. The number of ether oxygens (including phenoxy) is 3. The molecule has 0 N–H and O–H groups in total. The second-order valence-electron chi connectivity index (χ2n) is 12.0. The van der Waals surface area contributed by atoms with Crippen molar-refractivity contribution in [2.75, 3.05) is 13.7 Å². The van der Waals surface area contributed by atoms with E-state index in [1.807, 2.05) is 48.5 Å². The highest BCUT2D eigenvalue weighted by molar-refractivity contribution is 5.84. The Balaban J connectivity index is 1.63. The summed E-state index contributed by atoms with van der Waals surface area (Å²) in [5.74, 6) is 1.61. The first-order chi connectivity index (χ1) is 17.9. The summed E-state index contributed by atoms with van der Waals surface area (Å²) in [5.41, 5.74) is 3.32. The lowest BCUT2D eigenvalue weighted by molar-refractivity contribution is -0.0630. The number of hydrogen-bond donors (Lipinski definition) is 0. The molecule has 3 heterocycles. The van der Waals surface area contributed by atoms with Crippen molar-refractivity contribution < 1.29 is 23.5 Å². The Morgan fingerprint density at radius 3 is 2.45 bits per heavy atom. The van der Waals surface area contributed by atoms with Crippen molar-refractivity contribution >= 4 is 17.1 Å². The van der Waals surface area contributed by atoms with Gasteiger partial charge in [-0.05, 0) is 91.8 Å². The number of nitrogens with zero attached hydrogens (tertiary/aromatic N) is 4. The topological polar surface area (TPSA) is 91.9 Å². The molecule has 206 valence electrons. The molecule has 3 aromatic rings. The molecule has 1 aliphatic carbocycles. The third-order valence-corrected chi connectivity index (χ3v) is 7.76. The first-order valence-electron chi connectivity index (χ1n) is 13.5. The van der Waals surface area contributed by atoms with E-state index in [9.17, 15) is 4.79 Å². The summed E-state index contributed by atoms with van der Waals surface area (Å²) in [7, 11) is 1.79. The maximum Gasteiger partial charge on any atom is 0.413 e. The van der Waals surface area contributed by atoms with Gasteiger partial charge < -0.3 is 23.3 Å². The number of benzene rings is 1. The maximum atomic E-state index is 13.5. The average molecular weight is 525 g/mol. The zero-order valence-corrected chi connectivity index (χ0v) is 23.8. The number of methoxy groups -OCH3 is 1. The monoisotopic (exact) mass is 524 g/mol. The molecule has 9 nitrogen and oxygen atoms in total. The van der Waals surface area contributed by atoms with Crippen molar-refractivity contribution in [3.63, 3.8) is 0 Å². The third-order valence-electron chi connectivity index (χ3n) is 7.76. The van der Waals surface area contributed by atoms with E-state index < -0.39 is 17.4 Å². The first-order valence-corrected chi connectivity index (χ1v) is 13.5. The van der Waals surface area contributed by atoms with Gasteiger partial charge in [0.2, 0.25) is 0 Å². The summed E-state index contributed by atoms with van der Waals surface area (Å²) in [4.78, 5) is 20.4. The summed E-state index contributed by atoms with van der Waals surface area (Å²) in [6.45, 7) is 13.7. The van der Waals surface area contributed by atoms with E-state index in [-0.39, 0.29) is 18.2 Å². The maximum absolute atomic E-state index is 13.5. The van der Waals surface area contributed by atoms with Crippen LogP contribution in [-0.2, 0) is 14.2 Å². The van der Waals surface area contributed by atoms with Crippen LogP contribution in [0.15, 0.2) is 22.7 Å². The van der Waals surface area contributed by atoms with Gasteiger partial charge in [0, 0.05) is 18.7 Å². The molecule has 2 aromatic heterocycles. The van der Waals surface area contributed by atoms with Crippen molar-refractivity contribution in [1.82, 2.24) is 19.6 Å². The lowest BCUT2D eigenvalue weighted by Gasteiger charge is -2.36. The Morgan fingerprint density at radius 1 is 1.13 bits per heavy atom. The summed E-state index contributed by atoms with van der Waals surface area (Å²) in [6.07, 6.45) is 3.81. The summed E-state index contributed by atoms with van der Waals surface area (Å²) < 4.78 is 25.4. The highest BCUT2D eigenvalue weighted by Crippen LogP contribution is 2.42. The van der Waals surface area contributed by atoms with Crippen LogP contribution >= 0.6 is 0 Å². The lowest BCUT2D eigenvalue weighted by atomic mass is 9.92. The Morgan fingerprint density at radius 2 is 1.84 bits per heavy atom. The number of hydrogen-bond acceptors (Lipinski definition) is 7. The second-order valence-corrected chi connectivity index (χ2v) is 12.0. The minimum absolute atomic E-state index is 0.246. The highest BCUT2D eigenvalue weighted by Gasteiger charge is 2.48. The molecule has 1 saturated carbocycles. The van der Waals surface area contributed by atoms with E-state index in [4.69, 9.17) is 23.7 Å². The SMILES string of the molecule is COC1CCC(n2c(C3COC(C)(C)N3C(=O)OC(C)(C)C)nc3cc(-c4c(C)noc4C)ccc32)CC1. The van der Waals surface area contributed by atoms with E-state index >= 15 is 0 Å². The highest BCUT2D eigenvalue weighted by atomic mass is 16.6. The van der Waals surface area contributed by atoms with E-state index in [0.29, 0.717) is 6.61 Å². The molecule has 1 saturated heterocycles. The van der Waals surface area contributed by atoms with E-state index in [1.165, 1.54) is 0 Å². The van der Waals surface area contributed by atoms with E-state index in [1.54, 1.807) is 12.0 Å². The predicted octanol–water partition coefficient (Wildman–Crippen LogP) is 6.48. The van der Waals surface area contributed by atoms with Crippen LogP contribution in [0.25, 0.3) is 22.2 Å². The van der Waals surface area contributed by atoms with Crippen LogP contribution in [0.2, 0.25) is 0 Å². The first kappa shape index (κ1) is 26.7. The number of carbonyl (C=O) groups is 1. The normalized spacial score (nSPS) is 23.8. The minimum Gasteiger partial charge on any atom is -0.444 e. The Kier molecular flexibility index (Phi) is 6.80. The van der Waals surface area contributed by atoms with Gasteiger partial charge in [-0.25, -0.2) is 9.78 Å². The number of fused-ring (bicyclic) bond motifs is 1. The fourth-order valence-corrected chi connectivity index (χ4v) is 5.98. The number of amides is 1. The van der Waals surface area contributed by atoms with Gasteiger partial charge in [0.05, 0.1) is 29.4 Å². The number of aryl methyl sites for hydroxylation is 2. The smallest absolute Gasteiger partial charge is 0.413 e. The Hall–Kier alpha value is -2.91. The van der Waals surface area contributed by atoms with Gasteiger partial charge in [-0.3, -0.25) is 4.90 Å². The van der Waals surface area contributed by atoms with Gasteiger partial charge >= 0.3 is 6.09 Å². The minimum atomic E-state index is -0.828. The predicted molar refractivity (Wildman–Crippen MR) is 144 cm³/mol. The summed E-state index contributed by atoms with van der Waals surface area (Å²) in [5, 5.41) is 4.13. The number of imidazole rings is 1. The largest absolute Gasteiger partial charge is 0.444 e. The molecule has 1 aliphatic heterocycles. The van der Waals surface area contributed by atoms with Crippen LogP contribution in [0.3, 0.4) is 0 Å². The van der Waals surface area contributed by atoms with Gasteiger partial charge in [-0.1, -0.05) is 11.2 Å². The van der Waals surface area contributed by atoms with Gasteiger partial charge in [-0.15, -0.1) is 0 Å². The third kappa shape index (κ3) is 4.82. The van der Waals surface area contributed by atoms with Gasteiger partial charge in [-0.2, -0.15) is 0 Å². The molecule has 2 fully saturated rings. The lowest BCUT2D eigenvalue weighted by Crippen LogP contribution is -2.47. The van der Waals surface area contributed by atoms with Crippen LogP contribution in [0.1, 0.15) is 89.7 Å². The van der Waals surface area contributed by atoms with Gasteiger partial charge in [0.25, 0.3) is 0 Å². The summed E-state index contributed by atoms with van der Waals surface area (Å²) in [6, 6.07) is 6.21. The van der Waals surface area contributed by atoms with Crippen molar-refractivity contribution in [3.8, 4) is 11.1 Å².